The van der Waals surface area contributed by atoms with Gasteiger partial charge in [-0.05, 0) is 30.9 Å². The molecule has 16 heavy (non-hydrogen) atoms. The Bertz CT molecular complexity index is 310. The maximum atomic E-state index is 8.69. The summed E-state index contributed by atoms with van der Waals surface area (Å²) in [5.41, 5.74) is 1.20. The van der Waals surface area contributed by atoms with Crippen LogP contribution in [0.25, 0.3) is 0 Å². The molecule has 0 saturated heterocycles. The van der Waals surface area contributed by atoms with Gasteiger partial charge in [0, 0.05) is 12.7 Å². The molecule has 1 aromatic carbocycles. The van der Waals surface area contributed by atoms with Crippen LogP contribution in [0.4, 0.5) is 0 Å². The van der Waals surface area contributed by atoms with Crippen LogP contribution in [0.15, 0.2) is 18.2 Å². The molecule has 0 spiro atoms. The summed E-state index contributed by atoms with van der Waals surface area (Å²) in [6.45, 7) is 0.278. The normalized spacial score (nSPS) is 10.2. The first kappa shape index (κ1) is 12.8. The number of rotatable bonds is 7. The second kappa shape index (κ2) is 7.12. The molecule has 0 saturated carbocycles. The van der Waals surface area contributed by atoms with Gasteiger partial charge in [-0.1, -0.05) is 12.5 Å². The smallest absolute Gasteiger partial charge is 0.125 e. The highest BCUT2D eigenvalue weighted by Crippen LogP contribution is 2.25. The van der Waals surface area contributed by atoms with Crippen molar-refractivity contribution in [3.05, 3.63) is 23.8 Å². The Morgan fingerprint density at radius 1 is 1.06 bits per heavy atom. The summed E-state index contributed by atoms with van der Waals surface area (Å²) < 4.78 is 10.5. The van der Waals surface area contributed by atoms with E-state index >= 15 is 0 Å². The lowest BCUT2D eigenvalue weighted by molar-refractivity contribution is 0.283. The Balaban J connectivity index is 2.57. The fraction of sp³-hybridized carbons (Fsp3) is 0.538. The molecular formula is C13H20O3. The van der Waals surface area contributed by atoms with Gasteiger partial charge < -0.3 is 14.6 Å². The van der Waals surface area contributed by atoms with Crippen LogP contribution in [0.5, 0.6) is 11.5 Å². The average molecular weight is 224 g/mol. The molecule has 90 valence electrons. The molecule has 0 atom stereocenters. The van der Waals surface area contributed by atoms with E-state index in [2.05, 4.69) is 0 Å². The van der Waals surface area contributed by atoms with E-state index in [9.17, 15) is 0 Å². The number of unbranched alkanes of at least 4 members (excludes halogenated alkanes) is 2. The maximum absolute atomic E-state index is 8.69. The molecule has 1 rings (SSSR count). The summed E-state index contributed by atoms with van der Waals surface area (Å²) in [5, 5.41) is 8.69. The predicted molar refractivity (Wildman–Crippen MR) is 64.2 cm³/mol. The lowest BCUT2D eigenvalue weighted by atomic mass is 10.1. The van der Waals surface area contributed by atoms with Crippen molar-refractivity contribution in [2.75, 3.05) is 20.8 Å². The van der Waals surface area contributed by atoms with Gasteiger partial charge in [-0.25, -0.2) is 0 Å². The van der Waals surface area contributed by atoms with Gasteiger partial charge in [-0.15, -0.1) is 0 Å². The second-order valence-corrected chi connectivity index (χ2v) is 3.71. The zero-order valence-corrected chi connectivity index (χ0v) is 10.0. The van der Waals surface area contributed by atoms with Gasteiger partial charge in [0.2, 0.25) is 0 Å². The quantitative estimate of drug-likeness (QED) is 0.723. The first-order valence-corrected chi connectivity index (χ1v) is 5.63. The predicted octanol–water partition coefficient (Wildman–Crippen LogP) is 2.41. The molecule has 0 aliphatic carbocycles. The maximum Gasteiger partial charge on any atom is 0.125 e. The van der Waals surface area contributed by atoms with E-state index in [-0.39, 0.29) is 6.61 Å². The molecular weight excluding hydrogens is 204 g/mol. The fourth-order valence-electron chi connectivity index (χ4n) is 1.66. The summed E-state index contributed by atoms with van der Waals surface area (Å²) in [6, 6.07) is 5.89. The van der Waals surface area contributed by atoms with E-state index < -0.39 is 0 Å². The molecule has 0 bridgehead atoms. The molecule has 0 unspecified atom stereocenters. The molecule has 3 heteroatoms. The molecule has 0 aliphatic rings. The lowest BCUT2D eigenvalue weighted by Crippen LogP contribution is -1.94. The number of ether oxygens (including phenoxy) is 2. The van der Waals surface area contributed by atoms with E-state index in [1.807, 2.05) is 18.2 Å². The Morgan fingerprint density at radius 3 is 2.50 bits per heavy atom. The van der Waals surface area contributed by atoms with Crippen LogP contribution in [0.3, 0.4) is 0 Å². The molecule has 0 aromatic heterocycles. The number of aliphatic hydroxyl groups excluding tert-OH is 1. The van der Waals surface area contributed by atoms with Crippen LogP contribution in [-0.4, -0.2) is 25.9 Å². The SMILES string of the molecule is COc1ccc(CCCCCO)c(OC)c1. The highest BCUT2D eigenvalue weighted by Gasteiger charge is 2.04. The van der Waals surface area contributed by atoms with Crippen LogP contribution in [0.1, 0.15) is 24.8 Å². The summed E-state index contributed by atoms with van der Waals surface area (Å²) >= 11 is 0. The van der Waals surface area contributed by atoms with E-state index in [1.165, 1.54) is 5.56 Å². The highest BCUT2D eigenvalue weighted by atomic mass is 16.5. The van der Waals surface area contributed by atoms with Crippen molar-refractivity contribution in [2.45, 2.75) is 25.7 Å². The minimum absolute atomic E-state index is 0.278. The van der Waals surface area contributed by atoms with Gasteiger partial charge in [0.1, 0.15) is 11.5 Å². The van der Waals surface area contributed by atoms with Gasteiger partial charge in [-0.3, -0.25) is 0 Å². The number of hydrogen-bond donors (Lipinski definition) is 1. The van der Waals surface area contributed by atoms with Crippen molar-refractivity contribution >= 4 is 0 Å². The molecule has 0 heterocycles. The molecule has 1 aromatic rings. The van der Waals surface area contributed by atoms with Crippen LogP contribution in [-0.2, 0) is 6.42 Å². The Hall–Kier alpha value is -1.22. The minimum Gasteiger partial charge on any atom is -0.497 e. The van der Waals surface area contributed by atoms with E-state index in [0.29, 0.717) is 0 Å². The topological polar surface area (TPSA) is 38.7 Å². The van der Waals surface area contributed by atoms with Crippen molar-refractivity contribution < 1.29 is 14.6 Å². The zero-order valence-electron chi connectivity index (χ0n) is 10.0. The minimum atomic E-state index is 0.278. The number of benzene rings is 1. The number of aryl methyl sites for hydroxylation is 1. The molecule has 1 N–H and O–H groups in total. The second-order valence-electron chi connectivity index (χ2n) is 3.71. The van der Waals surface area contributed by atoms with Gasteiger partial charge in [0.05, 0.1) is 14.2 Å². The number of aliphatic hydroxyl groups is 1. The summed E-state index contributed by atoms with van der Waals surface area (Å²) in [6.07, 6.45) is 3.97. The van der Waals surface area contributed by atoms with E-state index in [1.54, 1.807) is 14.2 Å². The van der Waals surface area contributed by atoms with Crippen LogP contribution >= 0.6 is 0 Å². The third-order valence-corrected chi connectivity index (χ3v) is 2.60. The third-order valence-electron chi connectivity index (χ3n) is 2.60. The van der Waals surface area contributed by atoms with Gasteiger partial charge >= 0.3 is 0 Å². The Morgan fingerprint density at radius 2 is 1.88 bits per heavy atom. The fourth-order valence-corrected chi connectivity index (χ4v) is 1.66. The summed E-state index contributed by atoms with van der Waals surface area (Å²) in [4.78, 5) is 0. The highest BCUT2D eigenvalue weighted by molar-refractivity contribution is 5.40. The van der Waals surface area contributed by atoms with Crippen molar-refractivity contribution in [1.29, 1.82) is 0 Å². The third kappa shape index (κ3) is 3.74. The Labute approximate surface area is 97.0 Å². The standard InChI is InChI=1S/C13H20O3/c1-15-12-8-7-11(13(10-12)16-2)6-4-3-5-9-14/h7-8,10,14H,3-6,9H2,1-2H3. The average Bonchev–Trinajstić information content (AvgIpc) is 2.34. The molecule has 3 nitrogen and oxygen atoms in total. The molecule has 0 amide bonds. The number of methoxy groups -OCH3 is 2. The largest absolute Gasteiger partial charge is 0.497 e. The molecule has 0 radical (unpaired) electrons. The lowest BCUT2D eigenvalue weighted by Gasteiger charge is -2.10. The molecule has 0 fully saturated rings. The van der Waals surface area contributed by atoms with Crippen molar-refractivity contribution in [3.8, 4) is 11.5 Å². The summed E-state index contributed by atoms with van der Waals surface area (Å²) in [5.74, 6) is 1.69. The van der Waals surface area contributed by atoms with Gasteiger partial charge in [0.25, 0.3) is 0 Å². The van der Waals surface area contributed by atoms with Gasteiger partial charge in [0.15, 0.2) is 0 Å². The van der Waals surface area contributed by atoms with Crippen LogP contribution in [0.2, 0.25) is 0 Å². The Kier molecular flexibility index (Phi) is 5.72. The molecule has 0 aliphatic heterocycles. The van der Waals surface area contributed by atoms with Crippen molar-refractivity contribution in [2.24, 2.45) is 0 Å². The zero-order chi connectivity index (χ0) is 11.8. The first-order valence-electron chi connectivity index (χ1n) is 5.63. The van der Waals surface area contributed by atoms with Gasteiger partial charge in [-0.2, -0.15) is 0 Å². The summed E-state index contributed by atoms with van der Waals surface area (Å²) in [7, 11) is 3.32. The van der Waals surface area contributed by atoms with Crippen LogP contribution < -0.4 is 9.47 Å². The van der Waals surface area contributed by atoms with Crippen molar-refractivity contribution in [3.63, 3.8) is 0 Å². The monoisotopic (exact) mass is 224 g/mol. The van der Waals surface area contributed by atoms with Crippen molar-refractivity contribution in [1.82, 2.24) is 0 Å². The van der Waals surface area contributed by atoms with Crippen LogP contribution in [0, 0.1) is 0 Å². The van der Waals surface area contributed by atoms with E-state index in [0.717, 1.165) is 37.2 Å². The van der Waals surface area contributed by atoms with E-state index in [4.69, 9.17) is 14.6 Å². The number of hydrogen-bond acceptors (Lipinski definition) is 3. The first-order chi connectivity index (χ1) is 7.81.